The summed E-state index contributed by atoms with van der Waals surface area (Å²) in [7, 11) is 0. The molecule has 3 heteroatoms. The van der Waals surface area contributed by atoms with E-state index >= 15 is 0 Å². The fourth-order valence-electron chi connectivity index (χ4n) is 2.87. The van der Waals surface area contributed by atoms with Crippen LogP contribution in [0, 0.1) is 11.8 Å². The second-order valence-corrected chi connectivity index (χ2v) is 5.25. The Bertz CT molecular complexity index is 187. The summed E-state index contributed by atoms with van der Waals surface area (Å²) in [6.45, 7) is 5.51. The van der Waals surface area contributed by atoms with Crippen molar-refractivity contribution in [2.75, 3.05) is 13.2 Å². The molecule has 0 aromatic rings. The normalized spacial score (nSPS) is 29.2. The van der Waals surface area contributed by atoms with Crippen molar-refractivity contribution in [3.05, 3.63) is 0 Å². The van der Waals surface area contributed by atoms with E-state index in [0.29, 0.717) is 37.1 Å². The largest absolute Gasteiger partial charge is 0.396 e. The molecule has 1 fully saturated rings. The Morgan fingerprint density at radius 2 is 2.19 bits per heavy atom. The number of nitrogens with one attached hydrogen (secondary N) is 1. The predicted molar refractivity (Wildman–Crippen MR) is 68.3 cm³/mol. The molecule has 0 radical (unpaired) electrons. The third-order valence-corrected chi connectivity index (χ3v) is 4.01. The Balaban J connectivity index is 2.42. The number of nitrogens with two attached hydrogens (primary N) is 1. The Kier molecular flexibility index (Phi) is 6.32. The van der Waals surface area contributed by atoms with Gasteiger partial charge in [0.2, 0.25) is 0 Å². The first kappa shape index (κ1) is 13.9. The lowest BCUT2D eigenvalue weighted by Crippen LogP contribution is -2.48. The summed E-state index contributed by atoms with van der Waals surface area (Å²) in [4.78, 5) is 0. The van der Waals surface area contributed by atoms with E-state index in [1.54, 1.807) is 0 Å². The third kappa shape index (κ3) is 3.72. The molecule has 1 aliphatic rings. The average molecular weight is 228 g/mol. The Hall–Kier alpha value is -0.120. The van der Waals surface area contributed by atoms with Crippen LogP contribution in [0.15, 0.2) is 0 Å². The van der Waals surface area contributed by atoms with E-state index in [9.17, 15) is 5.11 Å². The van der Waals surface area contributed by atoms with Crippen LogP contribution in [0.25, 0.3) is 0 Å². The molecule has 1 aliphatic carbocycles. The van der Waals surface area contributed by atoms with E-state index < -0.39 is 0 Å². The van der Waals surface area contributed by atoms with Gasteiger partial charge in [0.05, 0.1) is 0 Å². The van der Waals surface area contributed by atoms with Gasteiger partial charge >= 0.3 is 0 Å². The van der Waals surface area contributed by atoms with Crippen LogP contribution in [0.2, 0.25) is 0 Å². The van der Waals surface area contributed by atoms with Gasteiger partial charge in [0, 0.05) is 25.2 Å². The molecule has 0 spiro atoms. The lowest BCUT2D eigenvalue weighted by Gasteiger charge is -2.29. The molecule has 96 valence electrons. The third-order valence-electron chi connectivity index (χ3n) is 4.01. The SMILES string of the molecule is CCCC(C)C(CN)NC1CCCC1CO. The molecular formula is C13H28N2O. The second kappa shape index (κ2) is 7.25. The number of hydrogen-bond acceptors (Lipinski definition) is 3. The highest BCUT2D eigenvalue weighted by Gasteiger charge is 2.29. The highest BCUT2D eigenvalue weighted by Crippen LogP contribution is 2.26. The zero-order valence-electron chi connectivity index (χ0n) is 10.8. The van der Waals surface area contributed by atoms with Gasteiger partial charge in [0.1, 0.15) is 0 Å². The summed E-state index contributed by atoms with van der Waals surface area (Å²) >= 11 is 0. The fraction of sp³-hybridized carbons (Fsp3) is 1.00. The first-order chi connectivity index (χ1) is 7.72. The number of aliphatic hydroxyl groups excluding tert-OH is 1. The lowest BCUT2D eigenvalue weighted by atomic mass is 9.94. The van der Waals surface area contributed by atoms with E-state index in [0.717, 1.165) is 6.42 Å². The molecule has 0 aromatic carbocycles. The zero-order chi connectivity index (χ0) is 12.0. The van der Waals surface area contributed by atoms with Gasteiger partial charge in [-0.1, -0.05) is 26.7 Å². The molecule has 0 aliphatic heterocycles. The smallest absolute Gasteiger partial charge is 0.0474 e. The van der Waals surface area contributed by atoms with Gasteiger partial charge in [-0.3, -0.25) is 0 Å². The standard InChI is InChI=1S/C13H28N2O/c1-3-5-10(2)13(8-14)15-12-7-4-6-11(12)9-16/h10-13,15-16H,3-9,14H2,1-2H3. The fourth-order valence-corrected chi connectivity index (χ4v) is 2.87. The molecule has 1 rings (SSSR count). The Morgan fingerprint density at radius 3 is 2.75 bits per heavy atom. The molecule has 0 heterocycles. The van der Waals surface area contributed by atoms with Crippen molar-refractivity contribution < 1.29 is 5.11 Å². The van der Waals surface area contributed by atoms with Crippen LogP contribution < -0.4 is 11.1 Å². The van der Waals surface area contributed by atoms with E-state index in [1.807, 2.05) is 0 Å². The molecular weight excluding hydrogens is 200 g/mol. The van der Waals surface area contributed by atoms with Crippen molar-refractivity contribution >= 4 is 0 Å². The topological polar surface area (TPSA) is 58.3 Å². The van der Waals surface area contributed by atoms with Crippen molar-refractivity contribution in [2.45, 2.75) is 58.0 Å². The minimum atomic E-state index is 0.317. The molecule has 1 saturated carbocycles. The molecule has 4 atom stereocenters. The van der Waals surface area contributed by atoms with Gasteiger partial charge in [0.15, 0.2) is 0 Å². The minimum Gasteiger partial charge on any atom is -0.396 e. The first-order valence-corrected chi connectivity index (χ1v) is 6.79. The maximum Gasteiger partial charge on any atom is 0.0474 e. The van der Waals surface area contributed by atoms with Crippen LogP contribution >= 0.6 is 0 Å². The number of rotatable bonds is 7. The van der Waals surface area contributed by atoms with Crippen molar-refractivity contribution in [3.8, 4) is 0 Å². The van der Waals surface area contributed by atoms with Gasteiger partial charge in [-0.2, -0.15) is 0 Å². The van der Waals surface area contributed by atoms with E-state index in [1.165, 1.54) is 25.7 Å². The molecule has 0 aromatic heterocycles. The van der Waals surface area contributed by atoms with Crippen LogP contribution in [0.4, 0.5) is 0 Å². The monoisotopic (exact) mass is 228 g/mol. The van der Waals surface area contributed by atoms with E-state index in [-0.39, 0.29) is 0 Å². The van der Waals surface area contributed by atoms with Gasteiger partial charge < -0.3 is 16.2 Å². The molecule has 0 bridgehead atoms. The van der Waals surface area contributed by atoms with Crippen molar-refractivity contribution in [1.82, 2.24) is 5.32 Å². The van der Waals surface area contributed by atoms with Gasteiger partial charge in [-0.25, -0.2) is 0 Å². The first-order valence-electron chi connectivity index (χ1n) is 6.79. The van der Waals surface area contributed by atoms with Crippen molar-refractivity contribution in [3.63, 3.8) is 0 Å². The molecule has 4 unspecified atom stereocenters. The quantitative estimate of drug-likeness (QED) is 0.619. The van der Waals surface area contributed by atoms with E-state index in [2.05, 4.69) is 19.2 Å². The van der Waals surface area contributed by atoms with Crippen LogP contribution in [-0.4, -0.2) is 30.3 Å². The van der Waals surface area contributed by atoms with Crippen LogP contribution in [0.5, 0.6) is 0 Å². The summed E-state index contributed by atoms with van der Waals surface area (Å²) in [5.74, 6) is 1.08. The molecule has 4 N–H and O–H groups in total. The molecule has 16 heavy (non-hydrogen) atoms. The van der Waals surface area contributed by atoms with Gasteiger partial charge in [-0.05, 0) is 31.1 Å². The van der Waals surface area contributed by atoms with E-state index in [4.69, 9.17) is 5.73 Å². The minimum absolute atomic E-state index is 0.317. The van der Waals surface area contributed by atoms with Crippen molar-refractivity contribution in [2.24, 2.45) is 17.6 Å². The highest BCUT2D eigenvalue weighted by atomic mass is 16.3. The van der Waals surface area contributed by atoms with Gasteiger partial charge in [0.25, 0.3) is 0 Å². The predicted octanol–water partition coefficient (Wildman–Crippen LogP) is 1.50. The van der Waals surface area contributed by atoms with Crippen LogP contribution in [0.3, 0.4) is 0 Å². The summed E-state index contributed by atoms with van der Waals surface area (Å²) in [5, 5.41) is 13.0. The summed E-state index contributed by atoms with van der Waals surface area (Å²) < 4.78 is 0. The zero-order valence-corrected chi connectivity index (χ0v) is 10.8. The molecule has 0 amide bonds. The Labute approximate surface area is 99.8 Å². The summed E-state index contributed by atoms with van der Waals surface area (Å²) in [5.41, 5.74) is 5.84. The summed E-state index contributed by atoms with van der Waals surface area (Å²) in [6.07, 6.45) is 6.04. The number of aliphatic hydroxyl groups is 1. The highest BCUT2D eigenvalue weighted by molar-refractivity contribution is 4.87. The molecule has 0 saturated heterocycles. The van der Waals surface area contributed by atoms with Gasteiger partial charge in [-0.15, -0.1) is 0 Å². The van der Waals surface area contributed by atoms with Crippen LogP contribution in [-0.2, 0) is 0 Å². The van der Waals surface area contributed by atoms with Crippen molar-refractivity contribution in [1.29, 1.82) is 0 Å². The maximum absolute atomic E-state index is 9.29. The lowest BCUT2D eigenvalue weighted by molar-refractivity contribution is 0.191. The maximum atomic E-state index is 9.29. The average Bonchev–Trinajstić information content (AvgIpc) is 2.73. The Morgan fingerprint density at radius 1 is 1.44 bits per heavy atom. The van der Waals surface area contributed by atoms with Crippen LogP contribution in [0.1, 0.15) is 46.0 Å². The summed E-state index contributed by atoms with van der Waals surface area (Å²) in [6, 6.07) is 0.898. The number of hydrogen-bond donors (Lipinski definition) is 3. The molecule has 3 nitrogen and oxygen atoms in total. The second-order valence-electron chi connectivity index (χ2n) is 5.25.